The summed E-state index contributed by atoms with van der Waals surface area (Å²) < 4.78 is 0.835. The van der Waals surface area contributed by atoms with E-state index in [0.717, 1.165) is 27.2 Å². The number of fused-ring (bicyclic) bond motifs is 1. The molecule has 20 heavy (non-hydrogen) atoms. The van der Waals surface area contributed by atoms with Gasteiger partial charge in [0, 0.05) is 19.3 Å². The number of amides is 1. The second-order valence-electron chi connectivity index (χ2n) is 4.92. The van der Waals surface area contributed by atoms with Crippen molar-refractivity contribution in [3.05, 3.63) is 46.0 Å². The predicted octanol–water partition coefficient (Wildman–Crippen LogP) is 1.78. The fourth-order valence-corrected chi connectivity index (χ4v) is 2.91. The van der Waals surface area contributed by atoms with Gasteiger partial charge in [-0.15, -0.1) is 0 Å². The Labute approximate surface area is 125 Å². The third-order valence-corrected chi connectivity index (χ3v) is 4.12. The number of imidazole rings is 1. The van der Waals surface area contributed by atoms with Gasteiger partial charge in [0.2, 0.25) is 5.91 Å². The highest BCUT2D eigenvalue weighted by Gasteiger charge is 2.25. The molecule has 0 bridgehead atoms. The number of hydrogen-bond acceptors (Lipinski definition) is 3. The van der Waals surface area contributed by atoms with Crippen molar-refractivity contribution < 1.29 is 4.79 Å². The van der Waals surface area contributed by atoms with Crippen LogP contribution in [0.2, 0.25) is 0 Å². The SMILES string of the molecule is CN1C(=O)Cc2cc(C(CN)c3ncc(Br)[nH]3)ccc21. The topological polar surface area (TPSA) is 75.0 Å². The fourth-order valence-electron chi connectivity index (χ4n) is 2.60. The molecule has 0 saturated carbocycles. The Bertz CT molecular complexity index is 667. The van der Waals surface area contributed by atoms with Crippen molar-refractivity contribution in [3.8, 4) is 0 Å². The molecule has 104 valence electrons. The van der Waals surface area contributed by atoms with E-state index in [9.17, 15) is 4.79 Å². The molecule has 5 nitrogen and oxygen atoms in total. The summed E-state index contributed by atoms with van der Waals surface area (Å²) in [7, 11) is 1.80. The minimum atomic E-state index is 0.00704. The van der Waals surface area contributed by atoms with E-state index in [2.05, 4.69) is 32.0 Å². The highest BCUT2D eigenvalue weighted by molar-refractivity contribution is 9.10. The lowest BCUT2D eigenvalue weighted by Crippen LogP contribution is -2.20. The average molecular weight is 335 g/mol. The summed E-state index contributed by atoms with van der Waals surface area (Å²) in [4.78, 5) is 20.9. The molecule has 3 rings (SSSR count). The quantitative estimate of drug-likeness (QED) is 0.898. The summed E-state index contributed by atoms with van der Waals surface area (Å²) in [6.07, 6.45) is 2.18. The van der Waals surface area contributed by atoms with E-state index in [-0.39, 0.29) is 11.8 Å². The van der Waals surface area contributed by atoms with E-state index >= 15 is 0 Å². The van der Waals surface area contributed by atoms with Gasteiger partial charge in [-0.2, -0.15) is 0 Å². The van der Waals surface area contributed by atoms with Gasteiger partial charge in [-0.25, -0.2) is 4.98 Å². The van der Waals surface area contributed by atoms with E-state index in [1.807, 2.05) is 12.1 Å². The van der Waals surface area contributed by atoms with Crippen LogP contribution in [0, 0.1) is 0 Å². The molecule has 1 aromatic carbocycles. The fraction of sp³-hybridized carbons (Fsp3) is 0.286. The number of carbonyl (C=O) groups is 1. The van der Waals surface area contributed by atoms with Gasteiger partial charge in [0.25, 0.3) is 0 Å². The first-order valence-electron chi connectivity index (χ1n) is 6.40. The lowest BCUT2D eigenvalue weighted by molar-refractivity contribution is -0.117. The summed E-state index contributed by atoms with van der Waals surface area (Å²) in [5.41, 5.74) is 9.01. The minimum absolute atomic E-state index is 0.00704. The lowest BCUT2D eigenvalue weighted by atomic mass is 9.96. The highest BCUT2D eigenvalue weighted by atomic mass is 79.9. The molecule has 0 saturated heterocycles. The van der Waals surface area contributed by atoms with Gasteiger partial charge in [0.05, 0.1) is 18.5 Å². The summed E-state index contributed by atoms with van der Waals surface area (Å²) in [6, 6.07) is 6.06. The number of aromatic amines is 1. The van der Waals surface area contributed by atoms with Crippen molar-refractivity contribution in [2.24, 2.45) is 5.73 Å². The zero-order valence-electron chi connectivity index (χ0n) is 11.1. The number of aromatic nitrogens is 2. The van der Waals surface area contributed by atoms with E-state index < -0.39 is 0 Å². The number of rotatable bonds is 3. The molecule has 1 unspecified atom stereocenters. The Morgan fingerprint density at radius 2 is 2.35 bits per heavy atom. The molecule has 1 aliphatic heterocycles. The molecule has 0 spiro atoms. The number of anilines is 1. The Morgan fingerprint density at radius 3 is 3.00 bits per heavy atom. The maximum atomic E-state index is 11.7. The number of nitrogens with zero attached hydrogens (tertiary/aromatic N) is 2. The molecule has 0 fully saturated rings. The van der Waals surface area contributed by atoms with Crippen molar-refractivity contribution >= 4 is 27.5 Å². The van der Waals surface area contributed by atoms with Crippen molar-refractivity contribution in [2.45, 2.75) is 12.3 Å². The second kappa shape index (κ2) is 5.03. The number of nitrogens with one attached hydrogen (secondary N) is 1. The number of carbonyl (C=O) groups excluding carboxylic acids is 1. The smallest absolute Gasteiger partial charge is 0.231 e. The van der Waals surface area contributed by atoms with Crippen LogP contribution in [0.15, 0.2) is 29.0 Å². The van der Waals surface area contributed by atoms with Crippen LogP contribution in [0.1, 0.15) is 22.9 Å². The Kier molecular flexibility index (Phi) is 3.35. The lowest BCUT2D eigenvalue weighted by Gasteiger charge is -2.15. The molecular formula is C14H15BrN4O. The monoisotopic (exact) mass is 334 g/mol. The maximum Gasteiger partial charge on any atom is 0.231 e. The molecular weight excluding hydrogens is 320 g/mol. The molecule has 2 aromatic rings. The summed E-state index contributed by atoms with van der Waals surface area (Å²) in [6.45, 7) is 0.461. The maximum absolute atomic E-state index is 11.7. The number of benzene rings is 1. The average Bonchev–Trinajstić information content (AvgIpc) is 2.96. The molecule has 1 atom stereocenters. The molecule has 6 heteroatoms. The van der Waals surface area contributed by atoms with Crippen LogP contribution in [0.5, 0.6) is 0 Å². The van der Waals surface area contributed by atoms with Crippen LogP contribution in [-0.4, -0.2) is 29.5 Å². The van der Waals surface area contributed by atoms with Gasteiger partial charge in [-0.3, -0.25) is 4.79 Å². The zero-order valence-corrected chi connectivity index (χ0v) is 12.6. The first-order chi connectivity index (χ1) is 9.60. The number of nitrogens with two attached hydrogens (primary N) is 1. The number of halogens is 1. The Hall–Kier alpha value is -1.66. The molecule has 1 aliphatic rings. The summed E-state index contributed by atoms with van der Waals surface area (Å²) in [5.74, 6) is 0.965. The van der Waals surface area contributed by atoms with Crippen LogP contribution in [0.4, 0.5) is 5.69 Å². The Morgan fingerprint density at radius 1 is 1.55 bits per heavy atom. The Balaban J connectivity index is 1.98. The summed E-state index contributed by atoms with van der Waals surface area (Å²) in [5, 5.41) is 0. The number of H-pyrrole nitrogens is 1. The van der Waals surface area contributed by atoms with Crippen LogP contribution in [0.3, 0.4) is 0 Å². The van der Waals surface area contributed by atoms with Crippen LogP contribution in [0.25, 0.3) is 0 Å². The second-order valence-corrected chi connectivity index (χ2v) is 5.78. The van der Waals surface area contributed by atoms with Crippen LogP contribution >= 0.6 is 15.9 Å². The largest absolute Gasteiger partial charge is 0.336 e. The van der Waals surface area contributed by atoms with Crippen molar-refractivity contribution in [3.63, 3.8) is 0 Å². The number of likely N-dealkylation sites (N-methyl/N-ethyl adjacent to an activating group) is 1. The first kappa shape index (κ1) is 13.3. The third kappa shape index (κ3) is 2.14. The van der Waals surface area contributed by atoms with Gasteiger partial charge in [-0.05, 0) is 33.1 Å². The minimum Gasteiger partial charge on any atom is -0.336 e. The predicted molar refractivity (Wildman–Crippen MR) is 80.7 cm³/mol. The van der Waals surface area contributed by atoms with E-state index in [1.165, 1.54) is 0 Å². The zero-order chi connectivity index (χ0) is 14.3. The van der Waals surface area contributed by atoms with Gasteiger partial charge >= 0.3 is 0 Å². The molecule has 0 aliphatic carbocycles. The summed E-state index contributed by atoms with van der Waals surface area (Å²) >= 11 is 3.36. The van der Waals surface area contributed by atoms with Crippen LogP contribution < -0.4 is 10.6 Å². The van der Waals surface area contributed by atoms with Crippen molar-refractivity contribution in [1.82, 2.24) is 9.97 Å². The van der Waals surface area contributed by atoms with Gasteiger partial charge in [0.1, 0.15) is 10.4 Å². The standard InChI is InChI=1S/C14H15BrN4O/c1-19-11-3-2-8(4-9(11)5-13(19)20)10(6-16)14-17-7-12(15)18-14/h2-4,7,10H,5-6,16H2,1H3,(H,17,18). The molecule has 2 heterocycles. The van der Waals surface area contributed by atoms with Crippen LogP contribution in [-0.2, 0) is 11.2 Å². The van der Waals surface area contributed by atoms with E-state index in [4.69, 9.17) is 5.73 Å². The first-order valence-corrected chi connectivity index (χ1v) is 7.19. The van der Waals surface area contributed by atoms with E-state index in [0.29, 0.717) is 13.0 Å². The van der Waals surface area contributed by atoms with E-state index in [1.54, 1.807) is 18.1 Å². The van der Waals surface area contributed by atoms with Gasteiger partial charge in [0.15, 0.2) is 0 Å². The third-order valence-electron chi connectivity index (χ3n) is 3.71. The van der Waals surface area contributed by atoms with Gasteiger partial charge < -0.3 is 15.6 Å². The van der Waals surface area contributed by atoms with Gasteiger partial charge in [-0.1, -0.05) is 12.1 Å². The molecule has 1 aromatic heterocycles. The molecule has 3 N–H and O–H groups in total. The number of hydrogen-bond donors (Lipinski definition) is 2. The highest BCUT2D eigenvalue weighted by Crippen LogP contribution is 2.32. The molecule has 1 amide bonds. The van der Waals surface area contributed by atoms with Crippen molar-refractivity contribution in [2.75, 3.05) is 18.5 Å². The normalized spacial score (nSPS) is 15.6. The van der Waals surface area contributed by atoms with Crippen molar-refractivity contribution in [1.29, 1.82) is 0 Å². The molecule has 0 radical (unpaired) electrons.